The Morgan fingerprint density at radius 3 is 2.47 bits per heavy atom. The van der Waals surface area contributed by atoms with Gasteiger partial charge >= 0.3 is 0 Å². The second-order valence-electron chi connectivity index (χ2n) is 7.53. The zero-order chi connectivity index (χ0) is 21.7. The molecule has 0 saturated carbocycles. The average molecular weight is 469 g/mol. The maximum Gasteiger partial charge on any atom is 0.114 e. The van der Waals surface area contributed by atoms with Gasteiger partial charge < -0.3 is 0 Å². The van der Waals surface area contributed by atoms with Crippen LogP contribution in [0.1, 0.15) is 11.1 Å². The number of nitrogens with zero attached hydrogens (tertiary/aromatic N) is 2. The predicted molar refractivity (Wildman–Crippen MR) is 143 cm³/mol. The zero-order valence-corrected chi connectivity index (χ0v) is 19.4. The third-order valence-electron chi connectivity index (χ3n) is 5.80. The summed E-state index contributed by atoms with van der Waals surface area (Å²) < 4.78 is 2.56. The van der Waals surface area contributed by atoms with Crippen molar-refractivity contribution in [1.82, 2.24) is 0 Å². The van der Waals surface area contributed by atoms with E-state index in [-0.39, 0.29) is 6.00 Å². The summed E-state index contributed by atoms with van der Waals surface area (Å²) in [4.78, 5) is 11.4. The lowest BCUT2D eigenvalue weighted by Crippen LogP contribution is -2.01. The molecule has 2 nitrogen and oxygen atoms in total. The number of fused-ring (bicyclic) bond motifs is 6. The molecular formula is C27H17ClN2S2. The van der Waals surface area contributed by atoms with Crippen molar-refractivity contribution < 1.29 is 0 Å². The van der Waals surface area contributed by atoms with Crippen LogP contribution < -0.4 is 0 Å². The highest BCUT2D eigenvalue weighted by molar-refractivity contribution is 8.05. The summed E-state index contributed by atoms with van der Waals surface area (Å²) in [5.41, 5.74) is 3.91. The number of thiophene rings is 1. The molecule has 0 atom stereocenters. The number of thioether (sulfide) groups is 1. The second kappa shape index (κ2) is 7.89. The van der Waals surface area contributed by atoms with E-state index in [4.69, 9.17) is 16.6 Å². The fourth-order valence-electron chi connectivity index (χ4n) is 4.39. The number of rotatable bonds is 3. The number of aliphatic imine (C=N–C) groups is 2. The average Bonchev–Trinajstić information content (AvgIpc) is 3.38. The van der Waals surface area contributed by atoms with Gasteiger partial charge in [-0.1, -0.05) is 66.4 Å². The molecule has 0 saturated heterocycles. The van der Waals surface area contributed by atoms with E-state index in [9.17, 15) is 0 Å². The number of benzene rings is 4. The first-order chi connectivity index (χ1) is 15.8. The molecular weight excluding hydrogens is 452 g/mol. The Balaban J connectivity index is 1.60. The lowest BCUT2D eigenvalue weighted by Gasteiger charge is -2.09. The molecule has 0 fully saturated rings. The standard InChI is InChI=1S/C27H17ClN2S2/c1-29-25(17-11-12-22-20(14-17)19-8-4-5-9-21(19)31-22)27-26(30-15-28)24-18-7-3-2-6-16(18)10-13-23(24)32-27/h2-14H,1,15H2/b27-25+,30-26-. The summed E-state index contributed by atoms with van der Waals surface area (Å²) in [5.74, 6) is 0. The van der Waals surface area contributed by atoms with Crippen LogP contribution in [0.15, 0.2) is 98.6 Å². The maximum atomic E-state index is 6.12. The van der Waals surface area contributed by atoms with Gasteiger partial charge in [0.1, 0.15) is 6.00 Å². The van der Waals surface area contributed by atoms with E-state index in [1.54, 1.807) is 11.8 Å². The first kappa shape index (κ1) is 19.7. The SMILES string of the molecule is C=N/C(=C1/Sc2ccc3ccccc3c2/C1=N/CCl)c1ccc2sc3ccccc3c2c1. The van der Waals surface area contributed by atoms with Crippen LogP contribution in [0, 0.1) is 0 Å². The Bertz CT molecular complexity index is 1610. The molecule has 6 rings (SSSR count). The molecule has 0 N–H and O–H groups in total. The Morgan fingerprint density at radius 2 is 1.62 bits per heavy atom. The number of allylic oxidation sites excluding steroid dienone is 1. The van der Waals surface area contributed by atoms with Crippen LogP contribution in [0.25, 0.3) is 36.6 Å². The van der Waals surface area contributed by atoms with Gasteiger partial charge in [0.15, 0.2) is 0 Å². The Labute approximate surface area is 199 Å². The van der Waals surface area contributed by atoms with Crippen LogP contribution in [0.5, 0.6) is 0 Å². The number of hydrogen-bond donors (Lipinski definition) is 0. The van der Waals surface area contributed by atoms with Gasteiger partial charge in [-0.25, -0.2) is 0 Å². The molecule has 2 heterocycles. The Hall–Kier alpha value is -2.92. The molecule has 154 valence electrons. The third kappa shape index (κ3) is 3.02. The minimum atomic E-state index is 0.195. The summed E-state index contributed by atoms with van der Waals surface area (Å²) in [5, 5.41) is 4.88. The molecule has 1 aromatic heterocycles. The number of alkyl halides is 1. The third-order valence-corrected chi connectivity index (χ3v) is 8.22. The van der Waals surface area contributed by atoms with Crippen molar-refractivity contribution in [3.05, 3.63) is 94.9 Å². The zero-order valence-electron chi connectivity index (χ0n) is 17.0. The van der Waals surface area contributed by atoms with E-state index < -0.39 is 0 Å². The fourth-order valence-corrected chi connectivity index (χ4v) is 6.80. The second-order valence-corrected chi connectivity index (χ2v) is 9.91. The van der Waals surface area contributed by atoms with E-state index in [2.05, 4.69) is 90.6 Å². The highest BCUT2D eigenvalue weighted by atomic mass is 35.5. The van der Waals surface area contributed by atoms with Gasteiger partial charge in [0, 0.05) is 36.2 Å². The fraction of sp³-hybridized carbons (Fsp3) is 0.0370. The van der Waals surface area contributed by atoms with E-state index >= 15 is 0 Å². The first-order valence-corrected chi connectivity index (χ1v) is 12.4. The summed E-state index contributed by atoms with van der Waals surface area (Å²) in [6.07, 6.45) is 0. The maximum absolute atomic E-state index is 6.12. The van der Waals surface area contributed by atoms with Gasteiger partial charge in [0.05, 0.1) is 16.3 Å². The molecule has 0 radical (unpaired) electrons. The van der Waals surface area contributed by atoms with Crippen molar-refractivity contribution in [3.63, 3.8) is 0 Å². The molecule has 5 aromatic rings. The van der Waals surface area contributed by atoms with Gasteiger partial charge in [-0.3, -0.25) is 9.98 Å². The van der Waals surface area contributed by atoms with Crippen molar-refractivity contribution in [3.8, 4) is 0 Å². The summed E-state index contributed by atoms with van der Waals surface area (Å²) in [7, 11) is 0. The molecule has 5 heteroatoms. The molecule has 1 aliphatic rings. The normalized spacial score (nSPS) is 16.2. The van der Waals surface area contributed by atoms with Gasteiger partial charge in [0.2, 0.25) is 0 Å². The number of halogens is 1. The molecule has 0 spiro atoms. The van der Waals surface area contributed by atoms with E-state index in [1.807, 2.05) is 11.3 Å². The van der Waals surface area contributed by atoms with Gasteiger partial charge in [-0.2, -0.15) is 0 Å². The number of hydrogen-bond acceptors (Lipinski definition) is 4. The highest BCUT2D eigenvalue weighted by Gasteiger charge is 2.29. The molecule has 0 aliphatic carbocycles. The van der Waals surface area contributed by atoms with Crippen molar-refractivity contribution in [1.29, 1.82) is 0 Å². The quantitative estimate of drug-likeness (QED) is 0.148. The van der Waals surface area contributed by atoms with E-state index in [1.165, 1.54) is 35.8 Å². The minimum absolute atomic E-state index is 0.195. The summed E-state index contributed by atoms with van der Waals surface area (Å²) in [6, 6.07) is 28.0. The van der Waals surface area contributed by atoms with Crippen LogP contribution in [0.4, 0.5) is 0 Å². The van der Waals surface area contributed by atoms with Crippen LogP contribution in [0.2, 0.25) is 0 Å². The Morgan fingerprint density at radius 1 is 0.844 bits per heavy atom. The lowest BCUT2D eigenvalue weighted by atomic mass is 9.99. The lowest BCUT2D eigenvalue weighted by molar-refractivity contribution is 1.35. The predicted octanol–water partition coefficient (Wildman–Crippen LogP) is 8.37. The summed E-state index contributed by atoms with van der Waals surface area (Å²) in [6.45, 7) is 3.93. The molecule has 0 bridgehead atoms. The molecule has 4 aromatic carbocycles. The van der Waals surface area contributed by atoms with Crippen LogP contribution >= 0.6 is 34.7 Å². The van der Waals surface area contributed by atoms with Crippen LogP contribution in [0.3, 0.4) is 0 Å². The summed E-state index contributed by atoms with van der Waals surface area (Å²) >= 11 is 9.63. The van der Waals surface area contributed by atoms with Gasteiger partial charge in [0.25, 0.3) is 0 Å². The largest absolute Gasteiger partial charge is 0.267 e. The molecule has 32 heavy (non-hydrogen) atoms. The van der Waals surface area contributed by atoms with Crippen molar-refractivity contribution >= 4 is 83.8 Å². The smallest absolute Gasteiger partial charge is 0.114 e. The minimum Gasteiger partial charge on any atom is -0.267 e. The van der Waals surface area contributed by atoms with Crippen LogP contribution in [-0.2, 0) is 0 Å². The van der Waals surface area contributed by atoms with E-state index in [0.29, 0.717) is 0 Å². The van der Waals surface area contributed by atoms with E-state index in [0.717, 1.165) is 27.4 Å². The van der Waals surface area contributed by atoms with Crippen molar-refractivity contribution in [2.24, 2.45) is 9.98 Å². The topological polar surface area (TPSA) is 24.7 Å². The van der Waals surface area contributed by atoms with Crippen molar-refractivity contribution in [2.75, 3.05) is 6.00 Å². The van der Waals surface area contributed by atoms with Crippen LogP contribution in [-0.4, -0.2) is 18.4 Å². The molecule has 0 unspecified atom stereocenters. The monoisotopic (exact) mass is 468 g/mol. The van der Waals surface area contributed by atoms with Gasteiger partial charge in [-0.05, 0) is 41.8 Å². The Kier molecular flexibility index (Phi) is 4.87. The molecule has 0 amide bonds. The highest BCUT2D eigenvalue weighted by Crippen LogP contribution is 2.47. The molecule has 1 aliphatic heterocycles. The van der Waals surface area contributed by atoms with Gasteiger partial charge in [-0.15, -0.1) is 22.9 Å². The first-order valence-electron chi connectivity index (χ1n) is 10.2. The van der Waals surface area contributed by atoms with Crippen molar-refractivity contribution in [2.45, 2.75) is 4.90 Å².